The van der Waals surface area contributed by atoms with E-state index < -0.39 is 5.60 Å². The number of halogens is 1. The van der Waals surface area contributed by atoms with Gasteiger partial charge in [-0.25, -0.2) is 14.2 Å². The fraction of sp³-hybridized carbons (Fsp3) is 0.333. The second-order valence-corrected chi connectivity index (χ2v) is 7.29. The van der Waals surface area contributed by atoms with Crippen LogP contribution in [0.3, 0.4) is 0 Å². The summed E-state index contributed by atoms with van der Waals surface area (Å²) in [5, 5.41) is 4.22. The lowest BCUT2D eigenvalue weighted by Crippen LogP contribution is -2.48. The van der Waals surface area contributed by atoms with Crippen molar-refractivity contribution in [2.45, 2.75) is 31.4 Å². The zero-order valence-corrected chi connectivity index (χ0v) is 15.4. The molecular formula is C21H22FN3O3. The van der Waals surface area contributed by atoms with Crippen LogP contribution >= 0.6 is 0 Å². The highest BCUT2D eigenvalue weighted by atomic mass is 19.1. The molecule has 0 aromatic heterocycles. The number of amides is 3. The molecule has 2 saturated heterocycles. The molecule has 0 bridgehead atoms. The summed E-state index contributed by atoms with van der Waals surface area (Å²) in [6.07, 6.45) is 1.54. The molecule has 2 aliphatic rings. The molecule has 4 rings (SSSR count). The van der Waals surface area contributed by atoms with Gasteiger partial charge in [0.1, 0.15) is 11.4 Å². The lowest BCUT2D eigenvalue weighted by atomic mass is 9.89. The Bertz CT molecular complexity index is 849. The lowest BCUT2D eigenvalue weighted by Gasteiger charge is -2.37. The number of benzene rings is 2. The number of nitrogens with zero attached hydrogens (tertiary/aromatic N) is 2. The van der Waals surface area contributed by atoms with Gasteiger partial charge in [0.2, 0.25) is 5.91 Å². The molecule has 2 aromatic carbocycles. The summed E-state index contributed by atoms with van der Waals surface area (Å²) in [7, 11) is 0. The van der Waals surface area contributed by atoms with Gasteiger partial charge in [-0.1, -0.05) is 30.3 Å². The smallest absolute Gasteiger partial charge is 0.321 e. The van der Waals surface area contributed by atoms with Crippen molar-refractivity contribution in [2.24, 2.45) is 0 Å². The number of likely N-dealkylation sites (tertiary alicyclic amines) is 1. The van der Waals surface area contributed by atoms with Gasteiger partial charge in [-0.3, -0.25) is 9.63 Å². The molecule has 2 heterocycles. The third kappa shape index (κ3) is 3.99. The van der Waals surface area contributed by atoms with Gasteiger partial charge in [0, 0.05) is 18.8 Å². The predicted molar refractivity (Wildman–Crippen MR) is 102 cm³/mol. The van der Waals surface area contributed by atoms with Crippen molar-refractivity contribution in [2.75, 3.05) is 18.4 Å². The molecule has 6 nitrogen and oxygen atoms in total. The van der Waals surface area contributed by atoms with E-state index in [1.807, 2.05) is 30.3 Å². The molecule has 0 saturated carbocycles. The summed E-state index contributed by atoms with van der Waals surface area (Å²) >= 11 is 0. The minimum atomic E-state index is -0.529. The van der Waals surface area contributed by atoms with E-state index in [-0.39, 0.29) is 17.8 Å². The Kier molecular flexibility index (Phi) is 5.00. The van der Waals surface area contributed by atoms with Gasteiger partial charge in [0.15, 0.2) is 0 Å². The summed E-state index contributed by atoms with van der Waals surface area (Å²) in [6.45, 7) is 1.43. The largest absolute Gasteiger partial charge is 0.324 e. The number of hydroxylamine groups is 2. The lowest BCUT2D eigenvalue weighted by molar-refractivity contribution is -0.212. The van der Waals surface area contributed by atoms with Gasteiger partial charge >= 0.3 is 6.03 Å². The maximum absolute atomic E-state index is 13.0. The Morgan fingerprint density at radius 2 is 1.75 bits per heavy atom. The van der Waals surface area contributed by atoms with E-state index in [9.17, 15) is 14.0 Å². The highest BCUT2D eigenvalue weighted by molar-refractivity contribution is 5.89. The number of rotatable bonds is 3. The second kappa shape index (κ2) is 7.59. The second-order valence-electron chi connectivity index (χ2n) is 7.29. The molecule has 2 aromatic rings. The highest BCUT2D eigenvalue weighted by Crippen LogP contribution is 2.37. The molecule has 28 heavy (non-hydrogen) atoms. The number of hydrogen-bond acceptors (Lipinski definition) is 3. The van der Waals surface area contributed by atoms with Crippen LogP contribution in [0.25, 0.3) is 0 Å². The monoisotopic (exact) mass is 383 g/mol. The maximum Gasteiger partial charge on any atom is 0.321 e. The molecule has 7 heteroatoms. The van der Waals surface area contributed by atoms with Gasteiger partial charge in [0.05, 0.1) is 13.0 Å². The number of piperidine rings is 1. The predicted octanol–water partition coefficient (Wildman–Crippen LogP) is 3.56. The summed E-state index contributed by atoms with van der Waals surface area (Å²) in [5.74, 6) is -0.367. The Balaban J connectivity index is 1.32. The number of urea groups is 1. The van der Waals surface area contributed by atoms with Crippen molar-refractivity contribution in [1.82, 2.24) is 9.96 Å². The van der Waals surface area contributed by atoms with Crippen molar-refractivity contribution >= 4 is 17.6 Å². The van der Waals surface area contributed by atoms with Gasteiger partial charge in [-0.05, 0) is 42.7 Å². The molecule has 1 spiro atoms. The van der Waals surface area contributed by atoms with Crippen LogP contribution in [-0.2, 0) is 16.2 Å². The van der Waals surface area contributed by atoms with Gasteiger partial charge < -0.3 is 10.2 Å². The first-order chi connectivity index (χ1) is 13.5. The van der Waals surface area contributed by atoms with Gasteiger partial charge in [-0.2, -0.15) is 0 Å². The standard InChI is InChI=1S/C21H22FN3O3/c22-17-6-8-18(9-7-17)23-20(27)24-12-10-21(11-13-24)14-19(26)25(28-21)15-16-4-2-1-3-5-16/h1-9H,10-15H2,(H,23,27). The molecule has 0 aliphatic carbocycles. The Hall–Kier alpha value is -2.93. The number of nitrogens with one attached hydrogen (secondary N) is 1. The molecular weight excluding hydrogens is 361 g/mol. The van der Waals surface area contributed by atoms with Crippen molar-refractivity contribution in [3.8, 4) is 0 Å². The molecule has 2 fully saturated rings. The fourth-order valence-electron chi connectivity index (χ4n) is 3.67. The number of anilines is 1. The average molecular weight is 383 g/mol. The zero-order chi connectivity index (χ0) is 19.6. The Morgan fingerprint density at radius 3 is 2.43 bits per heavy atom. The summed E-state index contributed by atoms with van der Waals surface area (Å²) in [5.41, 5.74) is 1.04. The Labute approximate surface area is 162 Å². The third-order valence-corrected chi connectivity index (χ3v) is 5.28. The van der Waals surface area contributed by atoms with Crippen molar-refractivity contribution < 1.29 is 18.8 Å². The van der Waals surface area contributed by atoms with Gasteiger partial charge in [-0.15, -0.1) is 0 Å². The first kappa shape index (κ1) is 18.4. The van der Waals surface area contributed by atoms with E-state index in [2.05, 4.69) is 5.32 Å². The van der Waals surface area contributed by atoms with Gasteiger partial charge in [0.25, 0.3) is 0 Å². The number of carbonyl (C=O) groups is 2. The number of carbonyl (C=O) groups excluding carboxylic acids is 2. The van der Waals surface area contributed by atoms with Crippen LogP contribution < -0.4 is 5.32 Å². The van der Waals surface area contributed by atoms with Crippen LogP contribution in [0.4, 0.5) is 14.9 Å². The van der Waals surface area contributed by atoms with Crippen LogP contribution in [0.5, 0.6) is 0 Å². The Morgan fingerprint density at radius 1 is 1.07 bits per heavy atom. The third-order valence-electron chi connectivity index (χ3n) is 5.28. The normalized spacial score (nSPS) is 18.5. The molecule has 0 unspecified atom stereocenters. The van der Waals surface area contributed by atoms with E-state index in [0.717, 1.165) is 5.56 Å². The SMILES string of the molecule is O=C(Nc1ccc(F)cc1)N1CCC2(CC1)CC(=O)N(Cc1ccccc1)O2. The van der Waals surface area contributed by atoms with Crippen LogP contribution in [0.1, 0.15) is 24.8 Å². The fourth-order valence-corrected chi connectivity index (χ4v) is 3.67. The number of hydrogen-bond donors (Lipinski definition) is 1. The van der Waals surface area contributed by atoms with Crippen molar-refractivity contribution in [1.29, 1.82) is 0 Å². The zero-order valence-electron chi connectivity index (χ0n) is 15.4. The molecule has 0 radical (unpaired) electrons. The van der Waals surface area contributed by atoms with Crippen molar-refractivity contribution in [3.05, 3.63) is 66.0 Å². The summed E-state index contributed by atoms with van der Waals surface area (Å²) in [6, 6.07) is 15.2. The summed E-state index contributed by atoms with van der Waals surface area (Å²) in [4.78, 5) is 32.6. The van der Waals surface area contributed by atoms with E-state index in [1.165, 1.54) is 29.3 Å². The minimum Gasteiger partial charge on any atom is -0.324 e. The topological polar surface area (TPSA) is 61.9 Å². The van der Waals surface area contributed by atoms with Crippen LogP contribution in [0, 0.1) is 5.82 Å². The minimum absolute atomic E-state index is 0.0203. The summed E-state index contributed by atoms with van der Waals surface area (Å²) < 4.78 is 13.0. The van der Waals surface area contributed by atoms with Crippen LogP contribution in [0.15, 0.2) is 54.6 Å². The van der Waals surface area contributed by atoms with E-state index in [4.69, 9.17) is 4.84 Å². The molecule has 1 N–H and O–H groups in total. The first-order valence-corrected chi connectivity index (χ1v) is 9.38. The average Bonchev–Trinajstić information content (AvgIpc) is 2.99. The molecule has 2 aliphatic heterocycles. The molecule has 0 atom stereocenters. The van der Waals surface area contributed by atoms with Crippen LogP contribution in [0.2, 0.25) is 0 Å². The first-order valence-electron chi connectivity index (χ1n) is 9.38. The molecule has 3 amide bonds. The quantitative estimate of drug-likeness (QED) is 0.882. The highest BCUT2D eigenvalue weighted by Gasteiger charge is 2.47. The van der Waals surface area contributed by atoms with Crippen molar-refractivity contribution in [3.63, 3.8) is 0 Å². The van der Waals surface area contributed by atoms with E-state index >= 15 is 0 Å². The van der Waals surface area contributed by atoms with Crippen LogP contribution in [-0.4, -0.2) is 40.6 Å². The van der Waals surface area contributed by atoms with E-state index in [0.29, 0.717) is 44.6 Å². The van der Waals surface area contributed by atoms with E-state index in [1.54, 1.807) is 4.90 Å². The maximum atomic E-state index is 13.0. The molecule has 146 valence electrons.